The first kappa shape index (κ1) is 20.9. The largest absolute Gasteiger partial charge is 0.309 e. The molecule has 0 spiro atoms. The number of hydrogen-bond donors (Lipinski definition) is 0. The van der Waals surface area contributed by atoms with Crippen LogP contribution in [0.3, 0.4) is 0 Å². The van der Waals surface area contributed by atoms with Gasteiger partial charge in [0.05, 0.1) is 22.3 Å². The van der Waals surface area contributed by atoms with E-state index in [0.717, 1.165) is 11.3 Å². The molecule has 170 valence electrons. The maximum absolute atomic E-state index is 9.64. The molecule has 3 heterocycles. The van der Waals surface area contributed by atoms with Crippen molar-refractivity contribution in [3.63, 3.8) is 0 Å². The van der Waals surface area contributed by atoms with Crippen LogP contribution in [0.25, 0.3) is 49.9 Å². The topological polar surface area (TPSA) is 41.6 Å². The molecule has 0 aliphatic carbocycles. The van der Waals surface area contributed by atoms with E-state index in [1.54, 1.807) is 6.20 Å². The molecule has 1 aliphatic rings. The summed E-state index contributed by atoms with van der Waals surface area (Å²) in [5.74, 6) is 0. The van der Waals surface area contributed by atoms with Gasteiger partial charge < -0.3 is 4.57 Å². The van der Waals surface area contributed by atoms with Gasteiger partial charge in [-0.15, -0.1) is 0 Å². The van der Waals surface area contributed by atoms with Gasteiger partial charge in [0.15, 0.2) is 0 Å². The van der Waals surface area contributed by atoms with Crippen LogP contribution in [0.5, 0.6) is 0 Å². The fraction of sp³-hybridized carbons (Fsp3) is 0.0625. The number of nitrogens with zero attached hydrogens (tertiary/aromatic N) is 3. The molecule has 0 bridgehead atoms. The molecule has 0 radical (unpaired) electrons. The van der Waals surface area contributed by atoms with Gasteiger partial charge in [0, 0.05) is 28.2 Å². The van der Waals surface area contributed by atoms with Gasteiger partial charge in [0.2, 0.25) is 0 Å². The van der Waals surface area contributed by atoms with Crippen LogP contribution in [0.1, 0.15) is 5.56 Å². The fourth-order valence-electron chi connectivity index (χ4n) is 6.13. The van der Waals surface area contributed by atoms with Crippen molar-refractivity contribution in [2.45, 2.75) is 13.1 Å². The van der Waals surface area contributed by atoms with Crippen molar-refractivity contribution in [1.29, 1.82) is 5.26 Å². The van der Waals surface area contributed by atoms with Crippen molar-refractivity contribution in [1.82, 2.24) is 9.55 Å². The Kier molecular flexibility index (Phi) is 4.36. The van der Waals surface area contributed by atoms with Crippen LogP contribution in [0.15, 0.2) is 103 Å². The highest BCUT2D eigenvalue weighted by atomic mass is 28.3. The molecule has 0 N–H and O–H groups in total. The summed E-state index contributed by atoms with van der Waals surface area (Å²) in [6.07, 6.45) is 1.75. The Labute approximate surface area is 210 Å². The van der Waals surface area contributed by atoms with E-state index in [1.165, 1.54) is 43.3 Å². The second-order valence-corrected chi connectivity index (χ2v) is 14.3. The van der Waals surface area contributed by atoms with Crippen molar-refractivity contribution in [2.75, 3.05) is 0 Å². The van der Waals surface area contributed by atoms with Crippen LogP contribution in [0.4, 0.5) is 0 Å². The summed E-state index contributed by atoms with van der Waals surface area (Å²) < 4.78 is 2.37. The minimum atomic E-state index is -1.89. The molecule has 0 amide bonds. The average molecular weight is 478 g/mol. The molecule has 0 saturated heterocycles. The summed E-state index contributed by atoms with van der Waals surface area (Å²) in [7, 11) is -1.89. The fourth-order valence-corrected chi connectivity index (χ4v) is 9.58. The summed E-state index contributed by atoms with van der Waals surface area (Å²) in [6.45, 7) is 4.96. The quantitative estimate of drug-likeness (QED) is 0.266. The summed E-state index contributed by atoms with van der Waals surface area (Å²) in [5.41, 5.74) is 8.51. The Morgan fingerprint density at radius 3 is 2.50 bits per heavy atom. The van der Waals surface area contributed by atoms with Crippen molar-refractivity contribution in [3.8, 4) is 34.1 Å². The van der Waals surface area contributed by atoms with E-state index in [4.69, 9.17) is 0 Å². The number of benzene rings is 4. The van der Waals surface area contributed by atoms with Gasteiger partial charge in [-0.2, -0.15) is 5.26 Å². The second-order valence-electron chi connectivity index (χ2n) is 9.97. The van der Waals surface area contributed by atoms with Crippen LogP contribution in [-0.2, 0) is 0 Å². The first-order valence-corrected chi connectivity index (χ1v) is 15.2. The monoisotopic (exact) mass is 477 g/mol. The lowest BCUT2D eigenvalue weighted by molar-refractivity contribution is 1.18. The average Bonchev–Trinajstić information content (AvgIpc) is 3.38. The molecular formula is C32H23N3Si. The van der Waals surface area contributed by atoms with Crippen LogP contribution in [0.2, 0.25) is 13.1 Å². The van der Waals surface area contributed by atoms with Gasteiger partial charge in [0.1, 0.15) is 14.1 Å². The highest BCUT2D eigenvalue weighted by Crippen LogP contribution is 2.38. The van der Waals surface area contributed by atoms with Gasteiger partial charge in [-0.05, 0) is 57.9 Å². The van der Waals surface area contributed by atoms with Gasteiger partial charge in [-0.1, -0.05) is 73.8 Å². The highest BCUT2D eigenvalue weighted by Gasteiger charge is 2.39. The standard InChI is InChI=1S/C32H23N3Si/c1-36(2)29-15-6-4-12-24(29)25-16-17-28-30(32(25)36)26-13-3-5-14-27(26)35(28)23-11-7-9-21(19-23)31-22(20-33)10-8-18-34-31/h3-19H,1-2H3. The first-order chi connectivity index (χ1) is 17.6. The maximum atomic E-state index is 9.64. The Hall–Kier alpha value is -4.46. The van der Waals surface area contributed by atoms with E-state index in [2.05, 4.69) is 108 Å². The molecule has 0 atom stereocenters. The Bertz CT molecular complexity index is 1890. The highest BCUT2D eigenvalue weighted by molar-refractivity contribution is 7.05. The molecule has 2 aromatic heterocycles. The van der Waals surface area contributed by atoms with Crippen LogP contribution in [-0.4, -0.2) is 17.6 Å². The Balaban J connectivity index is 1.55. The summed E-state index contributed by atoms with van der Waals surface area (Å²) in [6, 6.07) is 36.6. The van der Waals surface area contributed by atoms with E-state index < -0.39 is 8.07 Å². The normalized spacial score (nSPS) is 13.5. The number of pyridine rings is 1. The molecule has 4 heteroatoms. The van der Waals surface area contributed by atoms with E-state index in [9.17, 15) is 5.26 Å². The predicted octanol–water partition coefficient (Wildman–Crippen LogP) is 6.52. The Morgan fingerprint density at radius 2 is 1.61 bits per heavy atom. The van der Waals surface area contributed by atoms with E-state index in [-0.39, 0.29) is 0 Å². The number of hydrogen-bond acceptors (Lipinski definition) is 2. The van der Waals surface area contributed by atoms with E-state index in [0.29, 0.717) is 11.3 Å². The van der Waals surface area contributed by atoms with Gasteiger partial charge in [-0.25, -0.2) is 0 Å². The summed E-state index contributed by atoms with van der Waals surface area (Å²) >= 11 is 0. The zero-order valence-corrected chi connectivity index (χ0v) is 21.2. The minimum Gasteiger partial charge on any atom is -0.309 e. The van der Waals surface area contributed by atoms with Crippen LogP contribution >= 0.6 is 0 Å². The number of rotatable bonds is 2. The van der Waals surface area contributed by atoms with Crippen LogP contribution in [0, 0.1) is 11.3 Å². The molecule has 0 saturated carbocycles. The van der Waals surface area contributed by atoms with E-state index >= 15 is 0 Å². The third-order valence-corrected chi connectivity index (χ3v) is 11.2. The van der Waals surface area contributed by atoms with Gasteiger partial charge in [-0.3, -0.25) is 4.98 Å². The Morgan fingerprint density at radius 1 is 0.778 bits per heavy atom. The van der Waals surface area contributed by atoms with Crippen molar-refractivity contribution < 1.29 is 0 Å². The smallest absolute Gasteiger partial charge is 0.114 e. The molecule has 7 rings (SSSR count). The summed E-state index contributed by atoms with van der Waals surface area (Å²) in [4.78, 5) is 4.53. The molecule has 6 aromatic rings. The third kappa shape index (κ3) is 2.75. The summed E-state index contributed by atoms with van der Waals surface area (Å²) in [5, 5.41) is 15.4. The van der Waals surface area contributed by atoms with Crippen LogP contribution < -0.4 is 10.4 Å². The lowest BCUT2D eigenvalue weighted by Gasteiger charge is -2.20. The molecule has 0 unspecified atom stereocenters. The number of nitriles is 1. The second kappa shape index (κ2) is 7.52. The maximum Gasteiger partial charge on any atom is 0.114 e. The van der Waals surface area contributed by atoms with Crippen molar-refractivity contribution in [3.05, 3.63) is 109 Å². The zero-order valence-electron chi connectivity index (χ0n) is 20.2. The minimum absolute atomic E-state index is 0.584. The van der Waals surface area contributed by atoms with E-state index in [1.807, 2.05) is 18.2 Å². The third-order valence-electron chi connectivity index (χ3n) is 7.66. The lowest BCUT2D eigenvalue weighted by Crippen LogP contribution is -2.49. The molecule has 4 aromatic carbocycles. The van der Waals surface area contributed by atoms with Crippen molar-refractivity contribution >= 4 is 40.3 Å². The molecular weight excluding hydrogens is 454 g/mol. The first-order valence-electron chi connectivity index (χ1n) is 12.2. The number of fused-ring (bicyclic) bond motifs is 7. The zero-order chi connectivity index (χ0) is 24.4. The molecule has 1 aliphatic heterocycles. The van der Waals surface area contributed by atoms with Gasteiger partial charge >= 0.3 is 0 Å². The molecule has 3 nitrogen and oxygen atoms in total. The number of para-hydroxylation sites is 1. The molecule has 36 heavy (non-hydrogen) atoms. The molecule has 0 fully saturated rings. The lowest BCUT2D eigenvalue weighted by atomic mass is 10.0. The van der Waals surface area contributed by atoms with Crippen molar-refractivity contribution in [2.24, 2.45) is 0 Å². The number of aromatic nitrogens is 2. The SMILES string of the molecule is C[Si]1(C)c2ccccc2-c2ccc3c(c21)c1ccccc1n3-c1cccc(-c2ncccc2C#N)c1. The van der Waals surface area contributed by atoms with Gasteiger partial charge in [0.25, 0.3) is 0 Å². The predicted molar refractivity (Wildman–Crippen MR) is 151 cm³/mol.